The number of aryl methyl sites for hydroxylation is 1. The Morgan fingerprint density at radius 3 is 1.80 bits per heavy atom. The van der Waals surface area contributed by atoms with Gasteiger partial charge in [-0.05, 0) is 57.9 Å². The van der Waals surface area contributed by atoms with Crippen molar-refractivity contribution in [2.24, 2.45) is 0 Å². The lowest BCUT2D eigenvalue weighted by Crippen LogP contribution is -2.40. The molecule has 1 aromatic rings. The van der Waals surface area contributed by atoms with Crippen LogP contribution in [-0.4, -0.2) is 28.6 Å². The molecule has 0 saturated carbocycles. The molecule has 5 nitrogen and oxygen atoms in total. The number of hydrogen-bond donors (Lipinski definition) is 1. The lowest BCUT2D eigenvalue weighted by Gasteiger charge is -2.22. The molecule has 0 amide bonds. The van der Waals surface area contributed by atoms with E-state index in [1.807, 2.05) is 0 Å². The lowest BCUT2D eigenvalue weighted by molar-refractivity contribution is 0.491. The number of rotatable bonds is 3. The summed E-state index contributed by atoms with van der Waals surface area (Å²) in [5.41, 5.74) is 0.195. The van der Waals surface area contributed by atoms with Gasteiger partial charge in [-0.1, -0.05) is 0 Å². The van der Waals surface area contributed by atoms with Gasteiger partial charge in [0, 0.05) is 11.8 Å². The Balaban J connectivity index is 3.60. The SMILES string of the molecule is Cc1cc(S(C)(=O)=O)c(C)c(S(=O)(=O)NC(C)(C)C)c1. The average molecular weight is 319 g/mol. The average Bonchev–Trinajstić information content (AvgIpc) is 2.15. The van der Waals surface area contributed by atoms with Crippen LogP contribution in [0.4, 0.5) is 0 Å². The Hall–Kier alpha value is -0.920. The molecular weight excluding hydrogens is 298 g/mol. The summed E-state index contributed by atoms with van der Waals surface area (Å²) in [5.74, 6) is 0. The monoisotopic (exact) mass is 319 g/mol. The van der Waals surface area contributed by atoms with Crippen LogP contribution < -0.4 is 4.72 Å². The number of nitrogens with one attached hydrogen (secondary N) is 1. The first-order chi connectivity index (χ1) is 8.74. The van der Waals surface area contributed by atoms with Crippen LogP contribution in [0.25, 0.3) is 0 Å². The molecule has 0 heterocycles. The maximum atomic E-state index is 12.4. The first kappa shape index (κ1) is 17.1. The topological polar surface area (TPSA) is 80.3 Å². The quantitative estimate of drug-likeness (QED) is 0.921. The molecule has 0 aliphatic rings. The fourth-order valence-electron chi connectivity index (χ4n) is 1.92. The fraction of sp³-hybridized carbons (Fsp3) is 0.538. The van der Waals surface area contributed by atoms with Crippen molar-refractivity contribution in [1.82, 2.24) is 4.72 Å². The Morgan fingerprint density at radius 1 is 0.950 bits per heavy atom. The molecule has 0 aliphatic heterocycles. The zero-order valence-corrected chi connectivity index (χ0v) is 14.2. The molecule has 0 atom stereocenters. The summed E-state index contributed by atoms with van der Waals surface area (Å²) < 4.78 is 50.8. The van der Waals surface area contributed by atoms with Gasteiger partial charge in [-0.3, -0.25) is 0 Å². The summed E-state index contributed by atoms with van der Waals surface area (Å²) in [5, 5.41) is 0. The Bertz CT molecular complexity index is 726. The minimum absolute atomic E-state index is 0.00727. The van der Waals surface area contributed by atoms with E-state index < -0.39 is 25.4 Å². The minimum atomic E-state index is -3.77. The number of sulfone groups is 1. The molecule has 0 fully saturated rings. The molecule has 0 aromatic heterocycles. The van der Waals surface area contributed by atoms with Gasteiger partial charge in [-0.2, -0.15) is 0 Å². The highest BCUT2D eigenvalue weighted by Crippen LogP contribution is 2.25. The van der Waals surface area contributed by atoms with Crippen molar-refractivity contribution in [2.45, 2.75) is 49.9 Å². The summed E-state index contributed by atoms with van der Waals surface area (Å²) in [6, 6.07) is 2.97. The second kappa shape index (κ2) is 5.13. The van der Waals surface area contributed by atoms with Crippen LogP contribution in [0, 0.1) is 13.8 Å². The van der Waals surface area contributed by atoms with E-state index in [0.717, 1.165) is 6.26 Å². The van der Waals surface area contributed by atoms with Crippen LogP contribution in [-0.2, 0) is 19.9 Å². The first-order valence-corrected chi connectivity index (χ1v) is 9.47. The molecule has 114 valence electrons. The zero-order chi connectivity index (χ0) is 15.9. The maximum Gasteiger partial charge on any atom is 0.241 e. The molecule has 0 saturated heterocycles. The number of sulfonamides is 1. The van der Waals surface area contributed by atoms with E-state index in [1.54, 1.807) is 27.7 Å². The lowest BCUT2D eigenvalue weighted by atomic mass is 10.1. The molecule has 0 bridgehead atoms. The molecule has 0 unspecified atom stereocenters. The van der Waals surface area contributed by atoms with Crippen LogP contribution in [0.3, 0.4) is 0 Å². The second-order valence-corrected chi connectivity index (χ2v) is 9.65. The van der Waals surface area contributed by atoms with Gasteiger partial charge in [0.2, 0.25) is 10.0 Å². The molecular formula is C13H21NO4S2. The molecule has 0 spiro atoms. The highest BCUT2D eigenvalue weighted by atomic mass is 32.2. The predicted octanol–water partition coefficient (Wildman–Crippen LogP) is 1.78. The molecule has 1 aromatic carbocycles. The van der Waals surface area contributed by atoms with Crippen molar-refractivity contribution >= 4 is 19.9 Å². The maximum absolute atomic E-state index is 12.4. The Kier molecular flexibility index (Phi) is 4.39. The van der Waals surface area contributed by atoms with Crippen molar-refractivity contribution in [3.63, 3.8) is 0 Å². The molecule has 1 rings (SSSR count). The molecule has 0 aliphatic carbocycles. The standard InChI is InChI=1S/C13H21NO4S2/c1-9-7-11(19(6,15)16)10(2)12(8-9)20(17,18)14-13(3,4)5/h7-8,14H,1-6H3. The number of benzene rings is 1. The molecule has 1 N–H and O–H groups in total. The zero-order valence-electron chi connectivity index (χ0n) is 12.6. The van der Waals surface area contributed by atoms with E-state index in [4.69, 9.17) is 0 Å². The van der Waals surface area contributed by atoms with E-state index in [1.165, 1.54) is 19.1 Å². The number of hydrogen-bond acceptors (Lipinski definition) is 4. The summed E-state index contributed by atoms with van der Waals surface area (Å²) in [6.07, 6.45) is 1.07. The van der Waals surface area contributed by atoms with Gasteiger partial charge in [0.15, 0.2) is 9.84 Å². The van der Waals surface area contributed by atoms with Crippen LogP contribution in [0.5, 0.6) is 0 Å². The van der Waals surface area contributed by atoms with Gasteiger partial charge in [0.25, 0.3) is 0 Å². The predicted molar refractivity (Wildman–Crippen MR) is 79.1 cm³/mol. The van der Waals surface area contributed by atoms with Gasteiger partial charge in [0.1, 0.15) is 0 Å². The van der Waals surface area contributed by atoms with Crippen LogP contribution in [0.2, 0.25) is 0 Å². The summed E-state index contributed by atoms with van der Waals surface area (Å²) in [7, 11) is -7.24. The van der Waals surface area contributed by atoms with Crippen LogP contribution >= 0.6 is 0 Å². The Labute approximate surface area is 121 Å². The van der Waals surface area contributed by atoms with E-state index in [0.29, 0.717) is 5.56 Å². The highest BCUT2D eigenvalue weighted by Gasteiger charge is 2.26. The van der Waals surface area contributed by atoms with Gasteiger partial charge in [-0.25, -0.2) is 21.6 Å². The minimum Gasteiger partial charge on any atom is -0.224 e. The summed E-state index contributed by atoms with van der Waals surface area (Å²) in [6.45, 7) is 8.37. The molecule has 20 heavy (non-hydrogen) atoms. The summed E-state index contributed by atoms with van der Waals surface area (Å²) in [4.78, 5) is 0.0552. The molecule has 7 heteroatoms. The van der Waals surface area contributed by atoms with Gasteiger partial charge in [-0.15, -0.1) is 0 Å². The van der Waals surface area contributed by atoms with Crippen molar-refractivity contribution in [3.05, 3.63) is 23.3 Å². The smallest absolute Gasteiger partial charge is 0.224 e. The third-order valence-electron chi connectivity index (χ3n) is 2.59. The first-order valence-electron chi connectivity index (χ1n) is 6.09. The van der Waals surface area contributed by atoms with E-state index in [2.05, 4.69) is 4.72 Å². The van der Waals surface area contributed by atoms with Crippen molar-refractivity contribution in [2.75, 3.05) is 6.26 Å². The Morgan fingerprint density at radius 2 is 1.40 bits per heavy atom. The fourth-order valence-corrected chi connectivity index (χ4v) is 4.82. The van der Waals surface area contributed by atoms with E-state index >= 15 is 0 Å². The normalized spacial score (nSPS) is 13.5. The third kappa shape index (κ3) is 4.04. The van der Waals surface area contributed by atoms with Gasteiger partial charge < -0.3 is 0 Å². The molecule has 0 radical (unpaired) electrons. The second-order valence-electron chi connectivity index (χ2n) is 6.01. The van der Waals surface area contributed by atoms with Gasteiger partial charge in [0.05, 0.1) is 9.79 Å². The van der Waals surface area contributed by atoms with E-state index in [-0.39, 0.29) is 15.4 Å². The van der Waals surface area contributed by atoms with Crippen LogP contribution in [0.15, 0.2) is 21.9 Å². The van der Waals surface area contributed by atoms with Crippen LogP contribution in [0.1, 0.15) is 31.9 Å². The van der Waals surface area contributed by atoms with Crippen molar-refractivity contribution < 1.29 is 16.8 Å². The largest absolute Gasteiger partial charge is 0.241 e. The van der Waals surface area contributed by atoms with Gasteiger partial charge >= 0.3 is 0 Å². The third-order valence-corrected chi connectivity index (χ3v) is 5.69. The van der Waals surface area contributed by atoms with Crippen molar-refractivity contribution in [3.8, 4) is 0 Å². The van der Waals surface area contributed by atoms with E-state index in [9.17, 15) is 16.8 Å². The summed E-state index contributed by atoms with van der Waals surface area (Å²) >= 11 is 0. The highest BCUT2D eigenvalue weighted by molar-refractivity contribution is 7.91. The van der Waals surface area contributed by atoms with Crippen molar-refractivity contribution in [1.29, 1.82) is 0 Å².